The summed E-state index contributed by atoms with van der Waals surface area (Å²) >= 11 is 13.2. The Hall–Kier alpha value is -2.26. The average Bonchev–Trinajstić information content (AvgIpc) is 3.33. The Morgan fingerprint density at radius 3 is 2.45 bits per heavy atom. The molecule has 0 fully saturated rings. The van der Waals surface area contributed by atoms with Crippen molar-refractivity contribution in [3.05, 3.63) is 74.4 Å². The molecule has 0 aliphatic carbocycles. The number of benzene rings is 2. The van der Waals surface area contributed by atoms with E-state index in [1.54, 1.807) is 29.2 Å². The summed E-state index contributed by atoms with van der Waals surface area (Å²) in [6.45, 7) is 4.26. The standard InChI is InChI=1S/C23H23Cl2NO5S2/c1-4-15(2)26(23(27)22-6-5-11-32-22)14-16-7-10-20(30-3)21(12-16)31-33(28,29)17-8-9-18(24)19(25)13-17/h5-13,15H,4,14H2,1-3H3. The second-order valence-electron chi connectivity index (χ2n) is 7.27. The maximum Gasteiger partial charge on any atom is 0.339 e. The van der Waals surface area contributed by atoms with Crippen LogP contribution in [0.25, 0.3) is 0 Å². The number of hydrogen-bond donors (Lipinski definition) is 0. The van der Waals surface area contributed by atoms with Crippen molar-refractivity contribution in [3.8, 4) is 11.5 Å². The summed E-state index contributed by atoms with van der Waals surface area (Å²) in [6, 6.07) is 12.5. The predicted molar refractivity (Wildman–Crippen MR) is 131 cm³/mol. The zero-order chi connectivity index (χ0) is 24.2. The van der Waals surface area contributed by atoms with Crippen LogP contribution in [-0.4, -0.2) is 32.4 Å². The summed E-state index contributed by atoms with van der Waals surface area (Å²) in [5.41, 5.74) is 0.695. The van der Waals surface area contributed by atoms with Crippen LogP contribution in [0.5, 0.6) is 11.5 Å². The summed E-state index contributed by atoms with van der Waals surface area (Å²) < 4.78 is 36.4. The third-order valence-corrected chi connectivity index (χ3v) is 7.90. The molecule has 1 aromatic heterocycles. The largest absolute Gasteiger partial charge is 0.493 e. The van der Waals surface area contributed by atoms with Gasteiger partial charge >= 0.3 is 10.1 Å². The number of hydrogen-bond acceptors (Lipinski definition) is 6. The predicted octanol–water partition coefficient (Wildman–Crippen LogP) is 6.27. The van der Waals surface area contributed by atoms with Crippen LogP contribution in [-0.2, 0) is 16.7 Å². The third-order valence-electron chi connectivity index (χ3n) is 5.08. The monoisotopic (exact) mass is 527 g/mol. The minimum atomic E-state index is -4.21. The fourth-order valence-electron chi connectivity index (χ4n) is 3.07. The highest BCUT2D eigenvalue weighted by atomic mass is 35.5. The van der Waals surface area contributed by atoms with Crippen molar-refractivity contribution in [1.29, 1.82) is 0 Å². The van der Waals surface area contributed by atoms with Gasteiger partial charge in [-0.05, 0) is 60.7 Å². The van der Waals surface area contributed by atoms with Crippen LogP contribution in [0.1, 0.15) is 35.5 Å². The van der Waals surface area contributed by atoms with E-state index in [2.05, 4.69) is 0 Å². The number of methoxy groups -OCH3 is 1. The molecule has 33 heavy (non-hydrogen) atoms. The fraction of sp³-hybridized carbons (Fsp3) is 0.261. The summed E-state index contributed by atoms with van der Waals surface area (Å²) in [5.74, 6) is 0.164. The number of ether oxygens (including phenoxy) is 1. The van der Waals surface area contributed by atoms with Gasteiger partial charge in [0.25, 0.3) is 5.91 Å². The Morgan fingerprint density at radius 2 is 1.85 bits per heavy atom. The number of rotatable bonds is 9. The molecule has 0 saturated heterocycles. The molecule has 3 rings (SSSR count). The van der Waals surface area contributed by atoms with Crippen LogP contribution in [0.4, 0.5) is 0 Å². The van der Waals surface area contributed by atoms with Crippen LogP contribution in [0, 0.1) is 0 Å². The molecule has 1 amide bonds. The molecule has 1 unspecified atom stereocenters. The number of nitrogens with zero attached hydrogens (tertiary/aromatic N) is 1. The molecule has 0 aliphatic heterocycles. The van der Waals surface area contributed by atoms with E-state index < -0.39 is 10.1 Å². The van der Waals surface area contributed by atoms with E-state index in [0.717, 1.165) is 6.42 Å². The van der Waals surface area contributed by atoms with Gasteiger partial charge in [-0.3, -0.25) is 4.79 Å². The topological polar surface area (TPSA) is 72.9 Å². The van der Waals surface area contributed by atoms with Crippen molar-refractivity contribution in [2.45, 2.75) is 37.8 Å². The summed E-state index contributed by atoms with van der Waals surface area (Å²) in [5, 5.41) is 2.18. The van der Waals surface area contributed by atoms with E-state index >= 15 is 0 Å². The molecule has 0 spiro atoms. The fourth-order valence-corrected chi connectivity index (χ4v) is 5.07. The highest BCUT2D eigenvalue weighted by molar-refractivity contribution is 7.87. The molecule has 2 aromatic carbocycles. The zero-order valence-electron chi connectivity index (χ0n) is 18.2. The van der Waals surface area contributed by atoms with Gasteiger partial charge < -0.3 is 13.8 Å². The molecule has 10 heteroatoms. The Balaban J connectivity index is 1.92. The Bertz CT molecular complexity index is 1230. The van der Waals surface area contributed by atoms with Crippen LogP contribution in [0.2, 0.25) is 10.0 Å². The maximum absolute atomic E-state index is 13.1. The van der Waals surface area contributed by atoms with E-state index in [1.165, 1.54) is 36.6 Å². The van der Waals surface area contributed by atoms with Gasteiger partial charge in [0.2, 0.25) is 0 Å². The first kappa shape index (κ1) is 25.4. The van der Waals surface area contributed by atoms with E-state index in [0.29, 0.717) is 10.4 Å². The molecule has 1 heterocycles. The first-order valence-corrected chi connectivity index (χ1v) is 13.1. The normalized spacial score (nSPS) is 12.3. The molecule has 0 saturated carbocycles. The molecule has 0 bridgehead atoms. The second-order valence-corrected chi connectivity index (χ2v) is 10.6. The zero-order valence-corrected chi connectivity index (χ0v) is 21.4. The molecule has 6 nitrogen and oxygen atoms in total. The van der Waals surface area contributed by atoms with Crippen molar-refractivity contribution in [2.75, 3.05) is 7.11 Å². The third kappa shape index (κ3) is 6.00. The minimum Gasteiger partial charge on any atom is -0.493 e. The molecular formula is C23H23Cl2NO5S2. The van der Waals surface area contributed by atoms with Gasteiger partial charge in [-0.2, -0.15) is 8.42 Å². The van der Waals surface area contributed by atoms with Crippen LogP contribution < -0.4 is 8.92 Å². The first-order valence-electron chi connectivity index (χ1n) is 10.1. The van der Waals surface area contributed by atoms with Crippen LogP contribution >= 0.6 is 34.5 Å². The summed E-state index contributed by atoms with van der Waals surface area (Å²) in [6.07, 6.45) is 0.766. The maximum atomic E-state index is 13.1. The number of amides is 1. The van der Waals surface area contributed by atoms with Gasteiger partial charge in [0.05, 0.1) is 22.0 Å². The Labute approximate surface area is 207 Å². The number of halogens is 2. The lowest BCUT2D eigenvalue weighted by molar-refractivity contribution is 0.0676. The molecule has 3 aromatic rings. The number of carbonyl (C=O) groups is 1. The van der Waals surface area contributed by atoms with Crippen LogP contribution in [0.3, 0.4) is 0 Å². The summed E-state index contributed by atoms with van der Waals surface area (Å²) in [4.78, 5) is 15.3. The molecule has 0 radical (unpaired) electrons. The molecular weight excluding hydrogens is 505 g/mol. The van der Waals surface area contributed by atoms with Crippen LogP contribution in [0.15, 0.2) is 58.8 Å². The van der Waals surface area contributed by atoms with Gasteiger partial charge in [-0.25, -0.2) is 0 Å². The van der Waals surface area contributed by atoms with E-state index in [-0.39, 0.29) is 44.9 Å². The van der Waals surface area contributed by atoms with Crippen molar-refractivity contribution in [3.63, 3.8) is 0 Å². The van der Waals surface area contributed by atoms with E-state index in [4.69, 9.17) is 32.1 Å². The van der Waals surface area contributed by atoms with Crippen molar-refractivity contribution >= 4 is 50.6 Å². The number of thiophene rings is 1. The SMILES string of the molecule is CCC(C)N(Cc1ccc(OC)c(OS(=O)(=O)c2ccc(Cl)c(Cl)c2)c1)C(=O)c1cccs1. The second kappa shape index (κ2) is 10.8. The van der Waals surface area contributed by atoms with Crippen molar-refractivity contribution < 1.29 is 22.1 Å². The molecule has 176 valence electrons. The van der Waals surface area contributed by atoms with Gasteiger partial charge in [0.15, 0.2) is 11.5 Å². The average molecular weight is 528 g/mol. The molecule has 0 aliphatic rings. The Kier molecular flexibility index (Phi) is 8.28. The lowest BCUT2D eigenvalue weighted by Gasteiger charge is -2.28. The first-order chi connectivity index (χ1) is 15.7. The minimum absolute atomic E-state index is 0.00810. The van der Waals surface area contributed by atoms with Gasteiger partial charge in [-0.1, -0.05) is 42.3 Å². The highest BCUT2D eigenvalue weighted by Gasteiger charge is 2.24. The van der Waals surface area contributed by atoms with Crippen molar-refractivity contribution in [1.82, 2.24) is 4.90 Å². The van der Waals surface area contributed by atoms with E-state index in [1.807, 2.05) is 25.3 Å². The Morgan fingerprint density at radius 1 is 1.09 bits per heavy atom. The molecule has 1 atom stereocenters. The van der Waals surface area contributed by atoms with Gasteiger partial charge in [-0.15, -0.1) is 11.3 Å². The van der Waals surface area contributed by atoms with Gasteiger partial charge in [0, 0.05) is 12.6 Å². The van der Waals surface area contributed by atoms with Crippen molar-refractivity contribution in [2.24, 2.45) is 0 Å². The smallest absolute Gasteiger partial charge is 0.339 e. The molecule has 0 N–H and O–H groups in total. The number of carbonyl (C=O) groups excluding carboxylic acids is 1. The van der Waals surface area contributed by atoms with E-state index in [9.17, 15) is 13.2 Å². The summed E-state index contributed by atoms with van der Waals surface area (Å²) in [7, 11) is -2.79. The quantitative estimate of drug-likeness (QED) is 0.306. The lowest BCUT2D eigenvalue weighted by atomic mass is 10.1. The highest BCUT2D eigenvalue weighted by Crippen LogP contribution is 2.33. The lowest BCUT2D eigenvalue weighted by Crippen LogP contribution is -2.37. The van der Waals surface area contributed by atoms with Gasteiger partial charge in [0.1, 0.15) is 4.90 Å².